The first-order valence-corrected chi connectivity index (χ1v) is 3.93. The third-order valence-electron chi connectivity index (χ3n) is 2.80. The van der Waals surface area contributed by atoms with E-state index in [-0.39, 0.29) is 0 Å². The van der Waals surface area contributed by atoms with Gasteiger partial charge in [0, 0.05) is 0 Å². The number of hydrogen-bond donors (Lipinski definition) is 1. The van der Waals surface area contributed by atoms with E-state index in [9.17, 15) is 0 Å². The predicted molar refractivity (Wildman–Crippen MR) is 40.2 cm³/mol. The fourth-order valence-corrected chi connectivity index (χ4v) is 1.55. The van der Waals surface area contributed by atoms with Gasteiger partial charge in [-0.15, -0.1) is 0 Å². The molecule has 9 heavy (non-hydrogen) atoms. The molecule has 0 aliphatic heterocycles. The zero-order chi connectivity index (χ0) is 6.91. The monoisotopic (exact) mass is 127 g/mol. The molecule has 2 N–H and O–H groups in total. The third-order valence-corrected chi connectivity index (χ3v) is 2.80. The summed E-state index contributed by atoms with van der Waals surface area (Å²) in [6.07, 6.45) is 4.07. The molecular weight excluding hydrogens is 110 g/mol. The summed E-state index contributed by atoms with van der Waals surface area (Å²) in [5.74, 6) is 0.789. The van der Waals surface area contributed by atoms with Gasteiger partial charge in [-0.3, -0.25) is 0 Å². The van der Waals surface area contributed by atoms with Crippen LogP contribution in [-0.2, 0) is 0 Å². The zero-order valence-corrected chi connectivity index (χ0v) is 6.48. The first kappa shape index (κ1) is 7.07. The molecule has 1 aliphatic carbocycles. The van der Waals surface area contributed by atoms with E-state index in [1.807, 2.05) is 0 Å². The maximum Gasteiger partial charge on any atom is -0.00438 e. The van der Waals surface area contributed by atoms with E-state index in [1.54, 1.807) is 0 Å². The van der Waals surface area contributed by atoms with Gasteiger partial charge in [0.1, 0.15) is 0 Å². The van der Waals surface area contributed by atoms with Crippen molar-refractivity contribution >= 4 is 0 Å². The van der Waals surface area contributed by atoms with Crippen molar-refractivity contribution in [2.24, 2.45) is 17.1 Å². The molecule has 0 bridgehead atoms. The van der Waals surface area contributed by atoms with Gasteiger partial charge in [0.15, 0.2) is 0 Å². The molecule has 0 radical (unpaired) electrons. The highest BCUT2D eigenvalue weighted by Gasteiger charge is 2.42. The summed E-state index contributed by atoms with van der Waals surface area (Å²) in [7, 11) is 0. The fraction of sp³-hybridized carbons (Fsp3) is 1.00. The molecule has 1 aliphatic rings. The lowest BCUT2D eigenvalue weighted by atomic mass is 9.89. The molecule has 0 saturated heterocycles. The van der Waals surface area contributed by atoms with Crippen LogP contribution in [0.4, 0.5) is 0 Å². The highest BCUT2D eigenvalue weighted by Crippen LogP contribution is 2.52. The Bertz CT molecular complexity index is 90.7. The van der Waals surface area contributed by atoms with Crippen molar-refractivity contribution in [3.63, 3.8) is 0 Å². The Balaban J connectivity index is 2.37. The predicted octanol–water partition coefficient (Wildman–Crippen LogP) is 1.77. The molecule has 1 rings (SSSR count). The van der Waals surface area contributed by atoms with Gasteiger partial charge in [0.05, 0.1) is 0 Å². The summed E-state index contributed by atoms with van der Waals surface area (Å²) < 4.78 is 0. The maximum absolute atomic E-state index is 5.61. The van der Waals surface area contributed by atoms with E-state index in [0.717, 1.165) is 12.5 Å². The fourth-order valence-electron chi connectivity index (χ4n) is 1.55. The molecule has 1 saturated carbocycles. The smallest absolute Gasteiger partial charge is 0.00438 e. The van der Waals surface area contributed by atoms with Crippen molar-refractivity contribution in [2.75, 3.05) is 6.54 Å². The molecule has 1 unspecified atom stereocenters. The summed E-state index contributed by atoms with van der Waals surface area (Å²) in [6.45, 7) is 5.47. The molecule has 0 aromatic heterocycles. The minimum absolute atomic E-state index is 0.642. The summed E-state index contributed by atoms with van der Waals surface area (Å²) in [6, 6.07) is 0. The minimum atomic E-state index is 0.642. The van der Waals surface area contributed by atoms with Crippen LogP contribution in [0.1, 0.15) is 33.1 Å². The van der Waals surface area contributed by atoms with Crippen molar-refractivity contribution in [1.82, 2.24) is 0 Å². The Morgan fingerprint density at radius 2 is 2.11 bits per heavy atom. The first-order chi connectivity index (χ1) is 4.23. The van der Waals surface area contributed by atoms with Crippen LogP contribution in [0.15, 0.2) is 0 Å². The zero-order valence-electron chi connectivity index (χ0n) is 6.48. The Morgan fingerprint density at radius 1 is 1.56 bits per heavy atom. The van der Waals surface area contributed by atoms with Crippen molar-refractivity contribution in [3.05, 3.63) is 0 Å². The van der Waals surface area contributed by atoms with Crippen LogP contribution in [0.3, 0.4) is 0 Å². The van der Waals surface area contributed by atoms with Gasteiger partial charge in [-0.05, 0) is 30.7 Å². The normalized spacial score (nSPS) is 25.7. The molecule has 1 fully saturated rings. The van der Waals surface area contributed by atoms with Crippen molar-refractivity contribution in [3.8, 4) is 0 Å². The van der Waals surface area contributed by atoms with Crippen LogP contribution in [0, 0.1) is 11.3 Å². The van der Waals surface area contributed by atoms with Crippen molar-refractivity contribution < 1.29 is 0 Å². The van der Waals surface area contributed by atoms with Crippen molar-refractivity contribution in [1.29, 1.82) is 0 Å². The average Bonchev–Trinajstić information content (AvgIpc) is 2.52. The van der Waals surface area contributed by atoms with E-state index in [1.165, 1.54) is 19.3 Å². The molecule has 54 valence electrons. The number of nitrogens with two attached hydrogens (primary N) is 1. The number of hydrogen-bond acceptors (Lipinski definition) is 1. The lowest BCUT2D eigenvalue weighted by Crippen LogP contribution is -2.21. The Morgan fingerprint density at radius 3 is 2.22 bits per heavy atom. The standard InChI is InChI=1S/C8H17N/c1-3-7(6-9)8(2)4-5-8/h7H,3-6,9H2,1-2H3. The van der Waals surface area contributed by atoms with Gasteiger partial charge >= 0.3 is 0 Å². The average molecular weight is 127 g/mol. The first-order valence-electron chi connectivity index (χ1n) is 3.93. The Labute approximate surface area is 57.6 Å². The topological polar surface area (TPSA) is 26.0 Å². The molecule has 1 atom stereocenters. The second-order valence-electron chi connectivity index (χ2n) is 3.49. The Kier molecular flexibility index (Phi) is 1.80. The highest BCUT2D eigenvalue weighted by atomic mass is 14.6. The van der Waals surface area contributed by atoms with E-state index >= 15 is 0 Å². The lowest BCUT2D eigenvalue weighted by Gasteiger charge is -2.18. The van der Waals surface area contributed by atoms with Crippen molar-refractivity contribution in [2.45, 2.75) is 33.1 Å². The molecule has 0 heterocycles. The minimum Gasteiger partial charge on any atom is -0.330 e. The van der Waals surface area contributed by atoms with Crippen LogP contribution in [-0.4, -0.2) is 6.54 Å². The largest absolute Gasteiger partial charge is 0.330 e. The summed E-state index contributed by atoms with van der Waals surface area (Å²) in [5.41, 5.74) is 6.25. The van der Waals surface area contributed by atoms with Crippen LogP contribution in [0.25, 0.3) is 0 Å². The Hall–Kier alpha value is -0.0400. The SMILES string of the molecule is CCC(CN)C1(C)CC1. The van der Waals surface area contributed by atoms with Gasteiger partial charge < -0.3 is 5.73 Å². The van der Waals surface area contributed by atoms with Gasteiger partial charge in [0.25, 0.3) is 0 Å². The van der Waals surface area contributed by atoms with Crippen LogP contribution in [0.2, 0.25) is 0 Å². The second-order valence-corrected chi connectivity index (χ2v) is 3.49. The quantitative estimate of drug-likeness (QED) is 0.614. The molecule has 1 heteroatoms. The second kappa shape index (κ2) is 2.30. The van der Waals surface area contributed by atoms with E-state index in [4.69, 9.17) is 5.73 Å². The summed E-state index contributed by atoms with van der Waals surface area (Å²) in [5, 5.41) is 0. The third kappa shape index (κ3) is 1.26. The van der Waals surface area contributed by atoms with E-state index in [0.29, 0.717) is 5.41 Å². The molecule has 0 aromatic carbocycles. The van der Waals surface area contributed by atoms with Gasteiger partial charge in [-0.25, -0.2) is 0 Å². The lowest BCUT2D eigenvalue weighted by molar-refractivity contribution is 0.333. The van der Waals surface area contributed by atoms with Crippen LogP contribution >= 0.6 is 0 Å². The van der Waals surface area contributed by atoms with E-state index < -0.39 is 0 Å². The summed E-state index contributed by atoms with van der Waals surface area (Å²) in [4.78, 5) is 0. The highest BCUT2D eigenvalue weighted by molar-refractivity contribution is 4.94. The van der Waals surface area contributed by atoms with Gasteiger partial charge in [-0.1, -0.05) is 20.3 Å². The van der Waals surface area contributed by atoms with Crippen LogP contribution in [0.5, 0.6) is 0 Å². The molecule has 0 spiro atoms. The maximum atomic E-state index is 5.61. The number of rotatable bonds is 3. The van der Waals surface area contributed by atoms with Gasteiger partial charge in [0.2, 0.25) is 0 Å². The van der Waals surface area contributed by atoms with Crippen LogP contribution < -0.4 is 5.73 Å². The van der Waals surface area contributed by atoms with E-state index in [2.05, 4.69) is 13.8 Å². The molecule has 1 nitrogen and oxygen atoms in total. The molecule has 0 amide bonds. The summed E-state index contributed by atoms with van der Waals surface area (Å²) >= 11 is 0. The molecule has 0 aromatic rings. The van der Waals surface area contributed by atoms with Gasteiger partial charge in [-0.2, -0.15) is 0 Å². The molecular formula is C8H17N.